The van der Waals surface area contributed by atoms with Crippen LogP contribution in [0.1, 0.15) is 35.4 Å². The molecule has 0 saturated heterocycles. The van der Waals surface area contributed by atoms with Crippen LogP contribution in [0.5, 0.6) is 17.2 Å². The van der Waals surface area contributed by atoms with E-state index in [0.29, 0.717) is 0 Å². The zero-order chi connectivity index (χ0) is 20.7. The van der Waals surface area contributed by atoms with Crippen LogP contribution in [0.25, 0.3) is 0 Å². The van der Waals surface area contributed by atoms with E-state index in [9.17, 15) is 0 Å². The van der Waals surface area contributed by atoms with Crippen LogP contribution in [0.4, 0.5) is 0 Å². The number of hydrogen-bond acceptors (Lipinski definition) is 5. The van der Waals surface area contributed by atoms with Crippen molar-refractivity contribution in [3.63, 3.8) is 0 Å². The minimum atomic E-state index is -0.317. The molecule has 0 N–H and O–H groups in total. The summed E-state index contributed by atoms with van der Waals surface area (Å²) >= 11 is 3.59. The third-order valence-corrected chi connectivity index (χ3v) is 6.20. The third kappa shape index (κ3) is 3.21. The second kappa shape index (κ2) is 7.69. The van der Waals surface area contributed by atoms with Gasteiger partial charge < -0.3 is 14.2 Å². The number of hydrazone groups is 1. The van der Waals surface area contributed by atoms with E-state index < -0.39 is 0 Å². The fourth-order valence-electron chi connectivity index (χ4n) is 4.05. The summed E-state index contributed by atoms with van der Waals surface area (Å²) in [6.45, 7) is 0. The first-order valence-corrected chi connectivity index (χ1v) is 10.6. The minimum absolute atomic E-state index is 0.123. The van der Waals surface area contributed by atoms with Crippen molar-refractivity contribution in [2.24, 2.45) is 5.10 Å². The van der Waals surface area contributed by atoms with Crippen molar-refractivity contribution in [2.75, 3.05) is 14.2 Å². The van der Waals surface area contributed by atoms with Crippen molar-refractivity contribution in [3.05, 3.63) is 87.9 Å². The highest BCUT2D eigenvalue weighted by Gasteiger charge is 2.40. The summed E-state index contributed by atoms with van der Waals surface area (Å²) < 4.78 is 18.0. The largest absolute Gasteiger partial charge is 0.497 e. The summed E-state index contributed by atoms with van der Waals surface area (Å²) in [5, 5.41) is 7.08. The van der Waals surface area contributed by atoms with Gasteiger partial charge in [0.15, 0.2) is 0 Å². The van der Waals surface area contributed by atoms with E-state index in [1.165, 1.54) is 0 Å². The topological polar surface area (TPSA) is 43.3 Å². The molecule has 0 bridgehead atoms. The summed E-state index contributed by atoms with van der Waals surface area (Å²) in [5.41, 5.74) is 4.31. The molecule has 30 heavy (non-hydrogen) atoms. The molecule has 2 atom stereocenters. The Balaban J connectivity index is 1.56. The predicted molar refractivity (Wildman–Crippen MR) is 119 cm³/mol. The predicted octanol–water partition coefficient (Wildman–Crippen LogP) is 5.71. The summed E-state index contributed by atoms with van der Waals surface area (Å²) in [6.07, 6.45) is 0.503. The monoisotopic (exact) mass is 464 g/mol. The number of para-hydroxylation sites is 1. The molecular formula is C24H21BrN2O3. The molecule has 5 nitrogen and oxygen atoms in total. The highest BCUT2D eigenvalue weighted by Crippen LogP contribution is 2.48. The number of nitrogens with zero attached hydrogens (tertiary/aromatic N) is 2. The molecule has 0 spiro atoms. The van der Waals surface area contributed by atoms with Gasteiger partial charge in [0.1, 0.15) is 17.2 Å². The van der Waals surface area contributed by atoms with Crippen molar-refractivity contribution < 1.29 is 14.2 Å². The van der Waals surface area contributed by atoms with Gasteiger partial charge in [0.2, 0.25) is 6.23 Å². The number of ether oxygens (including phenoxy) is 3. The number of benzene rings is 3. The molecule has 3 aromatic carbocycles. The molecule has 0 amide bonds. The van der Waals surface area contributed by atoms with Gasteiger partial charge in [-0.25, -0.2) is 5.01 Å². The van der Waals surface area contributed by atoms with Gasteiger partial charge in [0, 0.05) is 17.5 Å². The van der Waals surface area contributed by atoms with E-state index in [1.807, 2.05) is 42.5 Å². The lowest BCUT2D eigenvalue weighted by molar-refractivity contribution is -0.0190. The average Bonchev–Trinajstić information content (AvgIpc) is 3.24. The Morgan fingerprint density at radius 1 is 1.00 bits per heavy atom. The first-order valence-electron chi connectivity index (χ1n) is 9.77. The smallest absolute Gasteiger partial charge is 0.213 e. The molecule has 5 rings (SSSR count). The lowest BCUT2D eigenvalue weighted by Crippen LogP contribution is -2.33. The highest BCUT2D eigenvalue weighted by molar-refractivity contribution is 9.10. The number of methoxy groups -OCH3 is 2. The number of halogens is 1. The standard InChI is InChI=1S/C24H21BrN2O3/c1-28-17-10-7-15(8-11-17)20-14-21-18-5-3-4-6-22(18)30-24(27(21)26-20)16-9-12-23(29-2)19(25)13-16/h3-13,21,24H,14H2,1-2H3. The van der Waals surface area contributed by atoms with Crippen molar-refractivity contribution in [1.82, 2.24) is 5.01 Å². The fraction of sp³-hybridized carbons (Fsp3) is 0.208. The van der Waals surface area contributed by atoms with Gasteiger partial charge in [-0.2, -0.15) is 5.10 Å². The second-order valence-corrected chi connectivity index (χ2v) is 8.13. The summed E-state index contributed by atoms with van der Waals surface area (Å²) in [6, 6.07) is 22.4. The Morgan fingerprint density at radius 3 is 2.53 bits per heavy atom. The maximum atomic E-state index is 6.42. The van der Waals surface area contributed by atoms with Gasteiger partial charge in [-0.05, 0) is 70.0 Å². The van der Waals surface area contributed by atoms with Crippen LogP contribution < -0.4 is 14.2 Å². The number of hydrogen-bond donors (Lipinski definition) is 0. The molecule has 152 valence electrons. The molecule has 0 saturated carbocycles. The molecule has 0 radical (unpaired) electrons. The fourth-order valence-corrected chi connectivity index (χ4v) is 4.61. The quantitative estimate of drug-likeness (QED) is 0.495. The molecule has 2 heterocycles. The molecule has 3 aromatic rings. The molecule has 2 aliphatic heterocycles. The van der Waals surface area contributed by atoms with Gasteiger partial charge in [-0.15, -0.1) is 0 Å². The third-order valence-electron chi connectivity index (χ3n) is 5.58. The average molecular weight is 465 g/mol. The summed E-state index contributed by atoms with van der Waals surface area (Å²) in [5.74, 6) is 2.53. The van der Waals surface area contributed by atoms with E-state index >= 15 is 0 Å². The van der Waals surface area contributed by atoms with Crippen LogP contribution in [0.15, 0.2) is 76.3 Å². The van der Waals surface area contributed by atoms with Gasteiger partial charge >= 0.3 is 0 Å². The first kappa shape index (κ1) is 19.0. The van der Waals surface area contributed by atoms with E-state index in [4.69, 9.17) is 19.3 Å². The first-order chi connectivity index (χ1) is 14.7. The van der Waals surface area contributed by atoms with Crippen molar-refractivity contribution in [2.45, 2.75) is 18.7 Å². The molecule has 2 aliphatic rings. The Labute approximate surface area is 184 Å². The number of fused-ring (bicyclic) bond motifs is 3. The van der Waals surface area contributed by atoms with Crippen molar-refractivity contribution in [3.8, 4) is 17.2 Å². The Bertz CT molecular complexity index is 1110. The van der Waals surface area contributed by atoms with E-state index in [2.05, 4.69) is 45.2 Å². The second-order valence-electron chi connectivity index (χ2n) is 7.28. The summed E-state index contributed by atoms with van der Waals surface area (Å²) in [7, 11) is 3.34. The van der Waals surface area contributed by atoms with E-state index in [-0.39, 0.29) is 12.3 Å². The van der Waals surface area contributed by atoms with Crippen LogP contribution in [0, 0.1) is 0 Å². The zero-order valence-corrected chi connectivity index (χ0v) is 18.3. The van der Waals surface area contributed by atoms with Crippen LogP contribution in [0.3, 0.4) is 0 Å². The SMILES string of the molecule is COc1ccc(C2=NN3C(C2)c2ccccc2OC3c2ccc(OC)c(Br)c2)cc1. The van der Waals surface area contributed by atoms with E-state index in [0.717, 1.165) is 50.5 Å². The van der Waals surface area contributed by atoms with Gasteiger partial charge in [0.05, 0.1) is 30.4 Å². The lowest BCUT2D eigenvalue weighted by atomic mass is 9.96. The lowest BCUT2D eigenvalue weighted by Gasteiger charge is -2.38. The van der Waals surface area contributed by atoms with E-state index in [1.54, 1.807) is 14.2 Å². The van der Waals surface area contributed by atoms with Crippen LogP contribution in [-0.2, 0) is 0 Å². The zero-order valence-electron chi connectivity index (χ0n) is 16.7. The van der Waals surface area contributed by atoms with Crippen molar-refractivity contribution >= 4 is 21.6 Å². The molecule has 6 heteroatoms. The van der Waals surface area contributed by atoms with Gasteiger partial charge in [-0.1, -0.05) is 18.2 Å². The normalized spacial score (nSPS) is 19.4. The molecular weight excluding hydrogens is 444 g/mol. The Kier molecular flexibility index (Phi) is 4.87. The van der Waals surface area contributed by atoms with Crippen LogP contribution in [-0.4, -0.2) is 24.9 Å². The van der Waals surface area contributed by atoms with Crippen molar-refractivity contribution in [1.29, 1.82) is 0 Å². The van der Waals surface area contributed by atoms with Gasteiger partial charge in [0.25, 0.3) is 0 Å². The maximum absolute atomic E-state index is 6.42. The Hall–Kier alpha value is -2.99. The maximum Gasteiger partial charge on any atom is 0.213 e. The molecule has 0 fully saturated rings. The highest BCUT2D eigenvalue weighted by atomic mass is 79.9. The Morgan fingerprint density at radius 2 is 1.80 bits per heavy atom. The molecule has 2 unspecified atom stereocenters. The van der Waals surface area contributed by atoms with Crippen LogP contribution >= 0.6 is 15.9 Å². The summed E-state index contributed by atoms with van der Waals surface area (Å²) in [4.78, 5) is 0. The van der Waals surface area contributed by atoms with Gasteiger partial charge in [-0.3, -0.25) is 0 Å². The van der Waals surface area contributed by atoms with Crippen LogP contribution in [0.2, 0.25) is 0 Å². The molecule has 0 aliphatic carbocycles. The molecule has 0 aromatic heterocycles. The minimum Gasteiger partial charge on any atom is -0.497 e. The number of rotatable bonds is 4.